The van der Waals surface area contributed by atoms with Crippen molar-refractivity contribution in [2.45, 2.75) is 13.0 Å². The summed E-state index contributed by atoms with van der Waals surface area (Å²) >= 11 is 0. The Hall–Kier alpha value is -3.42. The summed E-state index contributed by atoms with van der Waals surface area (Å²) in [7, 11) is 0. The van der Waals surface area contributed by atoms with Crippen molar-refractivity contribution in [1.29, 1.82) is 0 Å². The van der Waals surface area contributed by atoms with E-state index in [1.807, 2.05) is 0 Å². The van der Waals surface area contributed by atoms with Crippen LogP contribution < -0.4 is 11.1 Å². The van der Waals surface area contributed by atoms with E-state index in [2.05, 4.69) is 5.32 Å². The van der Waals surface area contributed by atoms with E-state index in [1.54, 1.807) is 30.3 Å². The zero-order valence-electron chi connectivity index (χ0n) is 12.8. The minimum Gasteiger partial charge on any atom is -0.447 e. The molecule has 0 aliphatic carbocycles. The van der Waals surface area contributed by atoms with Crippen molar-refractivity contribution in [2.24, 2.45) is 0 Å². The van der Waals surface area contributed by atoms with Crippen molar-refractivity contribution in [2.75, 3.05) is 11.1 Å². The first-order valence-electron chi connectivity index (χ1n) is 6.95. The minimum absolute atomic E-state index is 0.0716. The number of anilines is 2. The van der Waals surface area contributed by atoms with Crippen LogP contribution in [0.3, 0.4) is 0 Å². The summed E-state index contributed by atoms with van der Waals surface area (Å²) < 4.78 is 5.06. The van der Waals surface area contributed by atoms with Gasteiger partial charge in [-0.1, -0.05) is 30.3 Å². The Balaban J connectivity index is 2.29. The third-order valence-electron chi connectivity index (χ3n) is 3.13. The molecule has 0 unspecified atom stereocenters. The molecule has 0 spiro atoms. The molecular weight excluding hydrogens is 314 g/mol. The lowest BCUT2D eigenvalue weighted by molar-refractivity contribution is -0.384. The smallest absolute Gasteiger partial charge is 0.303 e. The molecule has 0 aliphatic heterocycles. The van der Waals surface area contributed by atoms with E-state index in [9.17, 15) is 19.7 Å². The van der Waals surface area contributed by atoms with Crippen molar-refractivity contribution in [3.8, 4) is 0 Å². The maximum absolute atomic E-state index is 12.5. The number of nitrogens with zero attached hydrogens (tertiary/aromatic N) is 1. The Morgan fingerprint density at radius 2 is 1.88 bits per heavy atom. The van der Waals surface area contributed by atoms with E-state index in [4.69, 9.17) is 10.5 Å². The molecule has 1 amide bonds. The molecule has 0 bridgehead atoms. The quantitative estimate of drug-likeness (QED) is 0.375. The van der Waals surface area contributed by atoms with Gasteiger partial charge in [-0.2, -0.15) is 0 Å². The monoisotopic (exact) mass is 329 g/mol. The SMILES string of the molecule is CC(=O)O[C@@H](C(=O)Nc1cc([N+](=O)[O-])ccc1N)c1ccccc1. The van der Waals surface area contributed by atoms with Gasteiger partial charge in [-0.15, -0.1) is 0 Å². The van der Waals surface area contributed by atoms with Gasteiger partial charge >= 0.3 is 5.97 Å². The summed E-state index contributed by atoms with van der Waals surface area (Å²) in [5, 5.41) is 13.3. The fourth-order valence-electron chi connectivity index (χ4n) is 2.03. The number of amides is 1. The van der Waals surface area contributed by atoms with Gasteiger partial charge in [-0.05, 0) is 6.07 Å². The molecule has 0 heterocycles. The Bertz CT molecular complexity index is 777. The Kier molecular flexibility index (Phi) is 5.10. The normalized spacial score (nSPS) is 11.4. The first-order chi connectivity index (χ1) is 11.4. The number of rotatable bonds is 5. The molecule has 0 saturated heterocycles. The Morgan fingerprint density at radius 3 is 2.46 bits per heavy atom. The number of nitrogens with one attached hydrogen (secondary N) is 1. The molecule has 124 valence electrons. The standard InChI is InChI=1S/C16H15N3O5/c1-10(20)24-15(11-5-3-2-4-6-11)16(21)18-14-9-12(19(22)23)7-8-13(14)17/h2-9,15H,17H2,1H3,(H,18,21)/t15-/m1/s1. The number of nitrogens with two attached hydrogens (primary N) is 1. The van der Waals surface area contributed by atoms with Crippen LogP contribution in [0.4, 0.5) is 17.1 Å². The summed E-state index contributed by atoms with van der Waals surface area (Å²) in [5.74, 6) is -1.30. The predicted molar refractivity (Wildman–Crippen MR) is 87.1 cm³/mol. The number of carbonyl (C=O) groups is 2. The van der Waals surface area contributed by atoms with Crippen LogP contribution in [0.1, 0.15) is 18.6 Å². The highest BCUT2D eigenvalue weighted by molar-refractivity contribution is 5.98. The van der Waals surface area contributed by atoms with E-state index in [0.29, 0.717) is 5.56 Å². The van der Waals surface area contributed by atoms with Gasteiger partial charge in [0.1, 0.15) is 0 Å². The van der Waals surface area contributed by atoms with Crippen LogP contribution in [-0.4, -0.2) is 16.8 Å². The van der Waals surface area contributed by atoms with Crippen molar-refractivity contribution < 1.29 is 19.2 Å². The van der Waals surface area contributed by atoms with Crippen LogP contribution in [0.2, 0.25) is 0 Å². The van der Waals surface area contributed by atoms with Gasteiger partial charge < -0.3 is 15.8 Å². The molecule has 0 radical (unpaired) electrons. The summed E-state index contributed by atoms with van der Waals surface area (Å²) in [6.45, 7) is 1.19. The van der Waals surface area contributed by atoms with Gasteiger partial charge in [0.05, 0.1) is 16.3 Å². The molecule has 0 aromatic heterocycles. The van der Waals surface area contributed by atoms with Crippen molar-refractivity contribution in [3.05, 3.63) is 64.2 Å². The maximum atomic E-state index is 12.5. The van der Waals surface area contributed by atoms with Crippen LogP contribution in [0.15, 0.2) is 48.5 Å². The van der Waals surface area contributed by atoms with Crippen molar-refractivity contribution in [1.82, 2.24) is 0 Å². The number of carbonyl (C=O) groups excluding carboxylic acids is 2. The van der Waals surface area contributed by atoms with Crippen LogP contribution in [0.5, 0.6) is 0 Å². The molecular formula is C16H15N3O5. The molecule has 2 rings (SSSR count). The second-order valence-corrected chi connectivity index (χ2v) is 4.92. The van der Waals surface area contributed by atoms with E-state index >= 15 is 0 Å². The highest BCUT2D eigenvalue weighted by atomic mass is 16.6. The zero-order chi connectivity index (χ0) is 17.7. The molecule has 24 heavy (non-hydrogen) atoms. The van der Waals surface area contributed by atoms with Crippen molar-refractivity contribution >= 4 is 28.9 Å². The number of hydrogen-bond donors (Lipinski definition) is 2. The van der Waals surface area contributed by atoms with Gasteiger partial charge in [0.25, 0.3) is 11.6 Å². The molecule has 0 fully saturated rings. The summed E-state index contributed by atoms with van der Waals surface area (Å²) in [6.07, 6.45) is -1.19. The van der Waals surface area contributed by atoms with Crippen LogP contribution >= 0.6 is 0 Å². The lowest BCUT2D eigenvalue weighted by Crippen LogP contribution is -2.25. The van der Waals surface area contributed by atoms with Crippen LogP contribution in [0, 0.1) is 10.1 Å². The number of non-ortho nitro benzene ring substituents is 1. The average Bonchev–Trinajstić information content (AvgIpc) is 2.55. The van der Waals surface area contributed by atoms with Gasteiger partial charge in [-0.3, -0.25) is 19.7 Å². The van der Waals surface area contributed by atoms with Crippen LogP contribution in [0.25, 0.3) is 0 Å². The number of nitro groups is 1. The zero-order valence-corrected chi connectivity index (χ0v) is 12.8. The van der Waals surface area contributed by atoms with E-state index in [0.717, 1.165) is 6.07 Å². The van der Waals surface area contributed by atoms with Crippen molar-refractivity contribution in [3.63, 3.8) is 0 Å². The van der Waals surface area contributed by atoms with Gasteiger partial charge in [0.2, 0.25) is 6.10 Å². The maximum Gasteiger partial charge on any atom is 0.303 e. The number of nitrogen functional groups attached to an aromatic ring is 1. The first kappa shape index (κ1) is 16.9. The lowest BCUT2D eigenvalue weighted by atomic mass is 10.1. The van der Waals surface area contributed by atoms with E-state index in [1.165, 1.54) is 19.1 Å². The predicted octanol–water partition coefficient (Wildman–Crippen LogP) is 2.42. The molecule has 3 N–H and O–H groups in total. The van der Waals surface area contributed by atoms with Crippen LogP contribution in [-0.2, 0) is 14.3 Å². The third kappa shape index (κ3) is 4.07. The Labute approximate surface area is 137 Å². The summed E-state index contributed by atoms with van der Waals surface area (Å²) in [5.41, 5.74) is 6.21. The fourth-order valence-corrected chi connectivity index (χ4v) is 2.03. The molecule has 8 nitrogen and oxygen atoms in total. The minimum atomic E-state index is -1.19. The molecule has 0 saturated carbocycles. The second-order valence-electron chi connectivity index (χ2n) is 4.92. The van der Waals surface area contributed by atoms with E-state index < -0.39 is 22.9 Å². The number of esters is 1. The van der Waals surface area contributed by atoms with E-state index in [-0.39, 0.29) is 17.1 Å². The van der Waals surface area contributed by atoms with Gasteiger partial charge in [0.15, 0.2) is 0 Å². The lowest BCUT2D eigenvalue weighted by Gasteiger charge is -2.17. The molecule has 2 aromatic rings. The highest BCUT2D eigenvalue weighted by Crippen LogP contribution is 2.27. The summed E-state index contributed by atoms with van der Waals surface area (Å²) in [6, 6.07) is 12.1. The number of hydrogen-bond acceptors (Lipinski definition) is 6. The molecule has 1 atom stereocenters. The Morgan fingerprint density at radius 1 is 1.21 bits per heavy atom. The van der Waals surface area contributed by atoms with Gasteiger partial charge in [-0.25, -0.2) is 0 Å². The second kappa shape index (κ2) is 7.23. The average molecular weight is 329 g/mol. The molecule has 0 aliphatic rings. The topological polar surface area (TPSA) is 125 Å². The summed E-state index contributed by atoms with van der Waals surface area (Å²) in [4.78, 5) is 34.0. The number of benzene rings is 2. The fraction of sp³-hybridized carbons (Fsp3) is 0.125. The number of nitro benzene ring substituents is 1. The van der Waals surface area contributed by atoms with Gasteiger partial charge in [0, 0.05) is 24.6 Å². The highest BCUT2D eigenvalue weighted by Gasteiger charge is 2.24. The third-order valence-corrected chi connectivity index (χ3v) is 3.13. The molecule has 2 aromatic carbocycles. The first-order valence-corrected chi connectivity index (χ1v) is 6.95. The number of ether oxygens (including phenoxy) is 1. The molecule has 8 heteroatoms. The largest absolute Gasteiger partial charge is 0.447 e.